The summed E-state index contributed by atoms with van der Waals surface area (Å²) < 4.78 is 12.8. The number of unbranched alkanes of at least 4 members (excludes halogenated alkanes) is 1. The second-order valence-electron chi connectivity index (χ2n) is 4.57. The average molecular weight is 238 g/mol. The van der Waals surface area contributed by atoms with E-state index in [1.807, 2.05) is 0 Å². The highest BCUT2D eigenvalue weighted by atomic mass is 19.1. The summed E-state index contributed by atoms with van der Waals surface area (Å²) >= 11 is 0. The first-order valence-electron chi connectivity index (χ1n) is 6.39. The summed E-state index contributed by atoms with van der Waals surface area (Å²) in [5.74, 6) is -0.209. The minimum absolute atomic E-state index is 0.0617. The maximum Gasteiger partial charge on any atom is 0.123 e. The molecule has 1 atom stereocenters. The molecule has 1 unspecified atom stereocenters. The van der Waals surface area contributed by atoms with Crippen LogP contribution in [0.4, 0.5) is 10.1 Å². The molecule has 0 aliphatic carbocycles. The zero-order valence-electron chi connectivity index (χ0n) is 10.8. The van der Waals surface area contributed by atoms with Crippen LogP contribution in [0.5, 0.6) is 0 Å². The van der Waals surface area contributed by atoms with E-state index in [-0.39, 0.29) is 11.4 Å². The van der Waals surface area contributed by atoms with Gasteiger partial charge in [-0.25, -0.2) is 4.39 Å². The van der Waals surface area contributed by atoms with Gasteiger partial charge in [-0.2, -0.15) is 0 Å². The van der Waals surface area contributed by atoms with Crippen LogP contribution < -0.4 is 11.1 Å². The predicted molar refractivity (Wildman–Crippen MR) is 71.6 cm³/mol. The van der Waals surface area contributed by atoms with Gasteiger partial charge in [-0.3, -0.25) is 0 Å². The highest BCUT2D eigenvalue weighted by Gasteiger charge is 2.25. The van der Waals surface area contributed by atoms with Gasteiger partial charge in [0.1, 0.15) is 5.82 Å². The van der Waals surface area contributed by atoms with Gasteiger partial charge in [0.25, 0.3) is 0 Å². The Kier molecular flexibility index (Phi) is 5.42. The molecule has 0 aliphatic heterocycles. The molecule has 0 amide bonds. The lowest BCUT2D eigenvalue weighted by Crippen LogP contribution is -2.45. The van der Waals surface area contributed by atoms with Crippen molar-refractivity contribution in [2.75, 3.05) is 11.9 Å². The van der Waals surface area contributed by atoms with Gasteiger partial charge >= 0.3 is 0 Å². The zero-order valence-corrected chi connectivity index (χ0v) is 10.8. The number of nitrogens with one attached hydrogen (secondary N) is 1. The van der Waals surface area contributed by atoms with E-state index >= 15 is 0 Å². The normalized spacial score (nSPS) is 14.4. The van der Waals surface area contributed by atoms with Crippen LogP contribution in [0.1, 0.15) is 39.5 Å². The first-order chi connectivity index (χ1) is 8.15. The van der Waals surface area contributed by atoms with E-state index in [4.69, 9.17) is 5.73 Å². The predicted octanol–water partition coefficient (Wildman–Crippen LogP) is 3.54. The van der Waals surface area contributed by atoms with E-state index in [1.165, 1.54) is 12.1 Å². The zero-order chi connectivity index (χ0) is 12.7. The molecule has 0 heterocycles. The minimum atomic E-state index is -0.209. The van der Waals surface area contributed by atoms with Gasteiger partial charge in [-0.15, -0.1) is 0 Å². The Balaban J connectivity index is 2.74. The van der Waals surface area contributed by atoms with E-state index < -0.39 is 0 Å². The fourth-order valence-corrected chi connectivity index (χ4v) is 1.98. The van der Waals surface area contributed by atoms with E-state index in [2.05, 4.69) is 19.2 Å². The van der Waals surface area contributed by atoms with Crippen LogP contribution in [0.2, 0.25) is 0 Å². The Labute approximate surface area is 103 Å². The van der Waals surface area contributed by atoms with E-state index in [0.29, 0.717) is 6.54 Å². The Hall–Kier alpha value is -1.09. The first-order valence-corrected chi connectivity index (χ1v) is 6.39. The van der Waals surface area contributed by atoms with E-state index in [9.17, 15) is 4.39 Å². The van der Waals surface area contributed by atoms with Crippen molar-refractivity contribution in [1.29, 1.82) is 0 Å². The second-order valence-corrected chi connectivity index (χ2v) is 4.57. The molecule has 3 heteroatoms. The highest BCUT2D eigenvalue weighted by molar-refractivity contribution is 5.45. The fourth-order valence-electron chi connectivity index (χ4n) is 1.98. The number of benzene rings is 1. The monoisotopic (exact) mass is 238 g/mol. The maximum atomic E-state index is 12.8. The lowest BCUT2D eigenvalue weighted by molar-refractivity contribution is 0.411. The van der Waals surface area contributed by atoms with Gasteiger partial charge in [0.15, 0.2) is 0 Å². The molecule has 2 nitrogen and oxygen atoms in total. The Morgan fingerprint density at radius 3 is 2.35 bits per heavy atom. The lowest BCUT2D eigenvalue weighted by atomic mass is 9.89. The molecule has 0 spiro atoms. The number of hydrogen-bond acceptors (Lipinski definition) is 2. The molecule has 0 fully saturated rings. The summed E-state index contributed by atoms with van der Waals surface area (Å²) in [7, 11) is 0. The quantitative estimate of drug-likeness (QED) is 0.762. The number of anilines is 1. The lowest BCUT2D eigenvalue weighted by Gasteiger charge is -2.34. The molecule has 0 radical (unpaired) electrons. The van der Waals surface area contributed by atoms with Crippen LogP contribution in [0.3, 0.4) is 0 Å². The van der Waals surface area contributed by atoms with Gasteiger partial charge in [-0.05, 0) is 37.1 Å². The molecular formula is C14H23FN2. The maximum absolute atomic E-state index is 12.8. The highest BCUT2D eigenvalue weighted by Crippen LogP contribution is 2.23. The molecule has 96 valence electrons. The minimum Gasteiger partial charge on any atom is -0.378 e. The van der Waals surface area contributed by atoms with Crippen molar-refractivity contribution in [2.24, 2.45) is 5.73 Å². The molecule has 0 aliphatic rings. The van der Waals surface area contributed by atoms with Crippen LogP contribution >= 0.6 is 0 Å². The topological polar surface area (TPSA) is 38.0 Å². The number of nitrogens with two attached hydrogens (primary N) is 1. The van der Waals surface area contributed by atoms with Gasteiger partial charge in [-0.1, -0.05) is 26.7 Å². The average Bonchev–Trinajstić information content (AvgIpc) is 2.37. The van der Waals surface area contributed by atoms with Crippen molar-refractivity contribution in [2.45, 2.75) is 45.1 Å². The van der Waals surface area contributed by atoms with Crippen molar-refractivity contribution < 1.29 is 4.39 Å². The number of rotatable bonds is 7. The summed E-state index contributed by atoms with van der Waals surface area (Å²) in [5, 5.41) is 3.46. The number of halogens is 1. The van der Waals surface area contributed by atoms with Crippen molar-refractivity contribution in [1.82, 2.24) is 0 Å². The van der Waals surface area contributed by atoms with E-state index in [1.54, 1.807) is 12.1 Å². The molecular weight excluding hydrogens is 215 g/mol. The third-order valence-electron chi connectivity index (χ3n) is 3.33. The van der Waals surface area contributed by atoms with Crippen molar-refractivity contribution >= 4 is 5.69 Å². The van der Waals surface area contributed by atoms with Gasteiger partial charge in [0.2, 0.25) is 0 Å². The molecule has 17 heavy (non-hydrogen) atoms. The summed E-state index contributed by atoms with van der Waals surface area (Å²) in [6.07, 6.45) is 4.33. The number of hydrogen-bond donors (Lipinski definition) is 2. The molecule has 1 aromatic carbocycles. The van der Waals surface area contributed by atoms with Gasteiger partial charge < -0.3 is 11.1 Å². The van der Waals surface area contributed by atoms with Crippen molar-refractivity contribution in [3.63, 3.8) is 0 Å². The Morgan fingerprint density at radius 2 is 1.88 bits per heavy atom. The Morgan fingerprint density at radius 1 is 1.24 bits per heavy atom. The summed E-state index contributed by atoms with van der Waals surface area (Å²) in [4.78, 5) is 0. The first kappa shape index (κ1) is 14.0. The summed E-state index contributed by atoms with van der Waals surface area (Å²) in [6.45, 7) is 4.91. The van der Waals surface area contributed by atoms with Gasteiger partial charge in [0.05, 0.1) is 0 Å². The Bertz CT molecular complexity index is 317. The van der Waals surface area contributed by atoms with Crippen LogP contribution in [0.15, 0.2) is 24.3 Å². The molecule has 0 aromatic heterocycles. The molecule has 0 saturated heterocycles. The third kappa shape index (κ3) is 4.00. The summed E-state index contributed by atoms with van der Waals surface area (Å²) in [5.41, 5.74) is 6.78. The van der Waals surface area contributed by atoms with E-state index in [0.717, 1.165) is 31.4 Å². The fraction of sp³-hybridized carbons (Fsp3) is 0.571. The molecule has 1 rings (SSSR count). The SMILES string of the molecule is CCCCC(CC)(CN)Nc1ccc(F)cc1. The van der Waals surface area contributed by atoms with Crippen LogP contribution in [-0.4, -0.2) is 12.1 Å². The van der Waals surface area contributed by atoms with Crippen LogP contribution in [-0.2, 0) is 0 Å². The molecule has 0 saturated carbocycles. The largest absolute Gasteiger partial charge is 0.378 e. The molecule has 0 bridgehead atoms. The third-order valence-corrected chi connectivity index (χ3v) is 3.33. The second kappa shape index (κ2) is 6.60. The van der Waals surface area contributed by atoms with Crippen molar-refractivity contribution in [3.05, 3.63) is 30.1 Å². The molecule has 1 aromatic rings. The smallest absolute Gasteiger partial charge is 0.123 e. The van der Waals surface area contributed by atoms with Gasteiger partial charge in [0, 0.05) is 17.8 Å². The van der Waals surface area contributed by atoms with Crippen LogP contribution in [0, 0.1) is 5.82 Å². The molecule has 3 N–H and O–H groups in total. The summed E-state index contributed by atoms with van der Waals surface area (Å²) in [6, 6.07) is 6.47. The standard InChI is InChI=1S/C14H23FN2/c1-3-5-10-14(4-2,11-16)17-13-8-6-12(15)7-9-13/h6-9,17H,3-5,10-11,16H2,1-2H3. The van der Waals surface area contributed by atoms with Crippen molar-refractivity contribution in [3.8, 4) is 0 Å². The van der Waals surface area contributed by atoms with Crippen LogP contribution in [0.25, 0.3) is 0 Å².